The molecule has 1 aliphatic heterocycles. The van der Waals surface area contributed by atoms with Crippen molar-refractivity contribution >= 4 is 39.1 Å². The van der Waals surface area contributed by atoms with Crippen LogP contribution in [0.25, 0.3) is 0 Å². The van der Waals surface area contributed by atoms with Gasteiger partial charge >= 0.3 is 0 Å². The van der Waals surface area contributed by atoms with Gasteiger partial charge in [0.25, 0.3) is 0 Å². The molecule has 0 spiro atoms. The first-order valence-corrected chi connectivity index (χ1v) is 13.0. The number of benzene rings is 2. The molecule has 1 amide bonds. The number of nitrogens with zero attached hydrogens (tertiary/aromatic N) is 1. The fourth-order valence-corrected chi connectivity index (χ4v) is 6.23. The van der Waals surface area contributed by atoms with Crippen LogP contribution in [0.1, 0.15) is 24.0 Å². The van der Waals surface area contributed by atoms with Crippen molar-refractivity contribution in [3.05, 3.63) is 57.6 Å². The molecule has 0 aromatic heterocycles. The molecule has 1 heterocycles. The van der Waals surface area contributed by atoms with Crippen molar-refractivity contribution in [2.75, 3.05) is 33.9 Å². The molecule has 0 saturated carbocycles. The summed E-state index contributed by atoms with van der Waals surface area (Å²) in [5.41, 5.74) is 1.37. The van der Waals surface area contributed by atoms with Crippen LogP contribution >= 0.6 is 23.2 Å². The van der Waals surface area contributed by atoms with E-state index in [1.165, 1.54) is 4.31 Å². The number of hydrogen-bond acceptors (Lipinski definition) is 5. The molecule has 0 aliphatic carbocycles. The van der Waals surface area contributed by atoms with Crippen molar-refractivity contribution in [1.82, 2.24) is 9.62 Å². The summed E-state index contributed by atoms with van der Waals surface area (Å²) in [6.07, 6.45) is 1.87. The summed E-state index contributed by atoms with van der Waals surface area (Å²) in [5, 5.41) is 3.56. The van der Waals surface area contributed by atoms with Crippen LogP contribution in [0.2, 0.25) is 10.0 Å². The third-order valence-electron chi connectivity index (χ3n) is 5.70. The van der Waals surface area contributed by atoms with Crippen molar-refractivity contribution in [1.29, 1.82) is 0 Å². The van der Waals surface area contributed by atoms with E-state index >= 15 is 0 Å². The quantitative estimate of drug-likeness (QED) is 0.548. The van der Waals surface area contributed by atoms with Gasteiger partial charge in [-0.3, -0.25) is 4.79 Å². The van der Waals surface area contributed by atoms with Crippen molar-refractivity contribution < 1.29 is 22.7 Å². The van der Waals surface area contributed by atoms with Crippen LogP contribution in [0, 0.1) is 5.92 Å². The average Bonchev–Trinajstić information content (AvgIpc) is 2.81. The maximum atomic E-state index is 13.0. The second-order valence-electron chi connectivity index (χ2n) is 7.88. The minimum absolute atomic E-state index is 0.145. The van der Waals surface area contributed by atoms with Crippen molar-refractivity contribution in [3.8, 4) is 11.5 Å². The predicted octanol–water partition coefficient (Wildman–Crippen LogP) is 3.91. The molecule has 3 rings (SSSR count). The zero-order chi connectivity index (χ0) is 24.0. The molecular weight excluding hydrogens is 487 g/mol. The highest BCUT2D eigenvalue weighted by Crippen LogP contribution is 2.29. The lowest BCUT2D eigenvalue weighted by Gasteiger charge is -2.31. The minimum atomic E-state index is -3.67. The van der Waals surface area contributed by atoms with Crippen LogP contribution in [0.15, 0.2) is 36.4 Å². The topological polar surface area (TPSA) is 84.9 Å². The summed E-state index contributed by atoms with van der Waals surface area (Å²) in [6.45, 7) is 0.958. The first kappa shape index (κ1) is 25.6. The SMILES string of the molecule is COc1ccc(CCNC(=O)C2CCCN(S(=O)(=O)Cc3c(Cl)cccc3Cl)C2)cc1OC. The van der Waals surface area contributed by atoms with Crippen molar-refractivity contribution in [2.45, 2.75) is 25.0 Å². The van der Waals surface area contributed by atoms with E-state index in [2.05, 4.69) is 5.32 Å². The Morgan fingerprint density at radius 1 is 1.12 bits per heavy atom. The van der Waals surface area contributed by atoms with Gasteiger partial charge in [0.05, 0.1) is 25.9 Å². The molecule has 1 fully saturated rings. The molecule has 1 aliphatic rings. The van der Waals surface area contributed by atoms with Crippen LogP contribution in [0.4, 0.5) is 0 Å². The van der Waals surface area contributed by atoms with Crippen molar-refractivity contribution in [3.63, 3.8) is 0 Å². The third-order valence-corrected chi connectivity index (χ3v) is 8.18. The van der Waals surface area contributed by atoms with Gasteiger partial charge in [0.1, 0.15) is 0 Å². The molecule has 2 aromatic carbocycles. The zero-order valence-corrected chi connectivity index (χ0v) is 21.0. The lowest BCUT2D eigenvalue weighted by atomic mass is 9.99. The fraction of sp³-hybridized carbons (Fsp3) is 0.435. The molecule has 10 heteroatoms. The highest BCUT2D eigenvalue weighted by Gasteiger charge is 2.33. The van der Waals surface area contributed by atoms with Gasteiger partial charge in [0.15, 0.2) is 11.5 Å². The number of rotatable bonds is 9. The molecule has 1 saturated heterocycles. The maximum absolute atomic E-state index is 13.0. The van der Waals surface area contributed by atoms with Crippen LogP contribution in [-0.2, 0) is 27.0 Å². The van der Waals surface area contributed by atoms with E-state index in [0.717, 1.165) is 5.56 Å². The van der Waals surface area contributed by atoms with Crippen molar-refractivity contribution in [2.24, 2.45) is 5.92 Å². The minimum Gasteiger partial charge on any atom is -0.493 e. The highest BCUT2D eigenvalue weighted by atomic mass is 35.5. The number of amides is 1. The number of hydrogen-bond donors (Lipinski definition) is 1. The van der Waals surface area contributed by atoms with E-state index in [-0.39, 0.29) is 18.2 Å². The van der Waals surface area contributed by atoms with Crippen LogP contribution in [0.3, 0.4) is 0 Å². The predicted molar refractivity (Wildman–Crippen MR) is 130 cm³/mol. The van der Waals surface area contributed by atoms with E-state index in [1.54, 1.807) is 32.4 Å². The standard InChI is InChI=1S/C23H28Cl2N2O5S/c1-31-21-9-8-16(13-22(21)32-2)10-11-26-23(28)17-5-4-12-27(14-17)33(29,30)15-18-19(24)6-3-7-20(18)25/h3,6-9,13,17H,4-5,10-12,14-15H2,1-2H3,(H,26,28). The second kappa shape index (κ2) is 11.4. The summed E-state index contributed by atoms with van der Waals surface area (Å²) < 4.78 is 37.9. The van der Waals surface area contributed by atoms with E-state index in [4.69, 9.17) is 32.7 Å². The Kier molecular flexibility index (Phi) is 8.87. The Morgan fingerprint density at radius 3 is 2.48 bits per heavy atom. The Hall–Kier alpha value is -2.00. The number of methoxy groups -OCH3 is 2. The van der Waals surface area contributed by atoms with Crippen LogP contribution in [-0.4, -0.2) is 52.5 Å². The number of halogens is 2. The van der Waals surface area contributed by atoms with Gasteiger partial charge in [-0.25, -0.2) is 12.7 Å². The average molecular weight is 515 g/mol. The third kappa shape index (κ3) is 6.53. The zero-order valence-electron chi connectivity index (χ0n) is 18.6. The molecule has 0 bridgehead atoms. The normalized spacial score (nSPS) is 16.9. The highest BCUT2D eigenvalue weighted by molar-refractivity contribution is 7.88. The Morgan fingerprint density at radius 2 is 1.82 bits per heavy atom. The van der Waals surface area contributed by atoms with Gasteiger partial charge < -0.3 is 14.8 Å². The lowest BCUT2D eigenvalue weighted by Crippen LogP contribution is -2.46. The van der Waals surface area contributed by atoms with Crippen LogP contribution < -0.4 is 14.8 Å². The van der Waals surface area contributed by atoms with Gasteiger partial charge in [0, 0.05) is 35.2 Å². The summed E-state index contributed by atoms with van der Waals surface area (Å²) in [6, 6.07) is 10.5. The molecule has 1 unspecified atom stereocenters. The van der Waals surface area contributed by atoms with E-state index in [9.17, 15) is 13.2 Å². The van der Waals surface area contributed by atoms with Gasteiger partial charge in [0.2, 0.25) is 15.9 Å². The summed E-state index contributed by atoms with van der Waals surface area (Å²) in [4.78, 5) is 12.7. The molecule has 2 aromatic rings. The number of carbonyl (C=O) groups excluding carboxylic acids is 1. The van der Waals surface area contributed by atoms with Gasteiger partial charge in [-0.1, -0.05) is 35.3 Å². The number of nitrogens with one attached hydrogen (secondary N) is 1. The van der Waals surface area contributed by atoms with Crippen LogP contribution in [0.5, 0.6) is 11.5 Å². The fourth-order valence-electron chi connectivity index (χ4n) is 3.86. The first-order valence-electron chi connectivity index (χ1n) is 10.6. The second-order valence-corrected chi connectivity index (χ2v) is 10.7. The number of piperidine rings is 1. The Labute approximate surface area is 205 Å². The van der Waals surface area contributed by atoms with Gasteiger partial charge in [-0.2, -0.15) is 0 Å². The maximum Gasteiger partial charge on any atom is 0.224 e. The van der Waals surface area contributed by atoms with Gasteiger partial charge in [-0.15, -0.1) is 0 Å². The number of sulfonamides is 1. The Balaban J connectivity index is 1.57. The number of carbonyl (C=O) groups is 1. The van der Waals surface area contributed by atoms with E-state index in [0.29, 0.717) is 59.5 Å². The summed E-state index contributed by atoms with van der Waals surface area (Å²) >= 11 is 12.3. The Bertz CT molecular complexity index is 1070. The molecule has 1 atom stereocenters. The molecule has 0 radical (unpaired) electrons. The smallest absolute Gasteiger partial charge is 0.224 e. The monoisotopic (exact) mass is 514 g/mol. The molecule has 7 nitrogen and oxygen atoms in total. The summed E-state index contributed by atoms with van der Waals surface area (Å²) in [7, 11) is -0.514. The molecule has 33 heavy (non-hydrogen) atoms. The molecular formula is C23H28Cl2N2O5S. The first-order chi connectivity index (χ1) is 15.7. The molecule has 1 N–H and O–H groups in total. The van der Waals surface area contributed by atoms with Gasteiger partial charge in [-0.05, 0) is 49.1 Å². The molecule has 180 valence electrons. The number of ether oxygens (including phenoxy) is 2. The lowest BCUT2D eigenvalue weighted by molar-refractivity contribution is -0.126. The summed E-state index contributed by atoms with van der Waals surface area (Å²) in [5.74, 6) is 0.436. The largest absolute Gasteiger partial charge is 0.493 e. The van der Waals surface area contributed by atoms with E-state index in [1.807, 2.05) is 18.2 Å². The van der Waals surface area contributed by atoms with E-state index < -0.39 is 15.9 Å².